The fraction of sp³-hybridized carbons (Fsp3) is 0.545. The molecule has 0 bridgehead atoms. The minimum Gasteiger partial charge on any atom is -0.480 e. The van der Waals surface area contributed by atoms with E-state index in [1.165, 1.54) is 17.1 Å². The Hall–Kier alpha value is -1.76. The summed E-state index contributed by atoms with van der Waals surface area (Å²) < 4.78 is 6.32. The zero-order valence-corrected chi connectivity index (χ0v) is 11.6. The molecule has 1 atom stereocenters. The number of nitrogens with zero attached hydrogens (tertiary/aromatic N) is 2. The summed E-state index contributed by atoms with van der Waals surface area (Å²) in [7, 11) is 0. The molecule has 1 unspecified atom stereocenters. The Bertz CT molecular complexity index is 467. The first kappa shape index (κ1) is 15.3. The lowest BCUT2D eigenvalue weighted by Gasteiger charge is -2.21. The van der Waals surface area contributed by atoms with Gasteiger partial charge in [-0.25, -0.2) is 9.59 Å². The van der Waals surface area contributed by atoms with Crippen molar-refractivity contribution in [2.45, 2.75) is 39.0 Å². The highest BCUT2D eigenvalue weighted by molar-refractivity contribution is 6.30. The van der Waals surface area contributed by atoms with Crippen molar-refractivity contribution in [1.82, 2.24) is 15.1 Å². The van der Waals surface area contributed by atoms with Crippen LogP contribution >= 0.6 is 11.6 Å². The molecule has 7 nitrogen and oxygen atoms in total. The number of carbonyl (C=O) groups excluding carboxylic acids is 1. The van der Waals surface area contributed by atoms with Gasteiger partial charge in [0.2, 0.25) is 0 Å². The maximum Gasteiger partial charge on any atom is 0.408 e. The summed E-state index contributed by atoms with van der Waals surface area (Å²) >= 11 is 5.67. The lowest BCUT2D eigenvalue weighted by atomic mass is 10.2. The second-order valence-corrected chi connectivity index (χ2v) is 5.35. The third-order valence-corrected chi connectivity index (χ3v) is 2.16. The fourth-order valence-corrected chi connectivity index (χ4v) is 1.42. The number of ether oxygens (including phenoxy) is 1. The Labute approximate surface area is 115 Å². The van der Waals surface area contributed by atoms with Crippen molar-refractivity contribution < 1.29 is 19.4 Å². The highest BCUT2D eigenvalue weighted by Gasteiger charge is 2.24. The molecule has 106 valence electrons. The van der Waals surface area contributed by atoms with E-state index >= 15 is 0 Å². The van der Waals surface area contributed by atoms with Crippen LogP contribution in [0, 0.1) is 0 Å². The normalized spacial score (nSPS) is 12.8. The fourth-order valence-electron chi connectivity index (χ4n) is 1.26. The van der Waals surface area contributed by atoms with Gasteiger partial charge in [-0.2, -0.15) is 5.10 Å². The molecule has 2 N–H and O–H groups in total. The van der Waals surface area contributed by atoms with Gasteiger partial charge in [0.05, 0.1) is 17.8 Å². The number of alkyl carbamates (subject to hydrolysis) is 1. The number of aliphatic carboxylic acids is 1. The molecular weight excluding hydrogens is 274 g/mol. The van der Waals surface area contributed by atoms with E-state index in [9.17, 15) is 9.59 Å². The van der Waals surface area contributed by atoms with Gasteiger partial charge in [0.25, 0.3) is 0 Å². The van der Waals surface area contributed by atoms with Crippen LogP contribution in [0.25, 0.3) is 0 Å². The molecule has 8 heteroatoms. The van der Waals surface area contributed by atoms with Crippen molar-refractivity contribution in [3.05, 3.63) is 17.4 Å². The molecule has 0 spiro atoms. The second kappa shape index (κ2) is 5.92. The van der Waals surface area contributed by atoms with Crippen molar-refractivity contribution >= 4 is 23.7 Å². The Kier molecular flexibility index (Phi) is 4.77. The third kappa shape index (κ3) is 5.60. The van der Waals surface area contributed by atoms with Crippen molar-refractivity contribution in [3.8, 4) is 0 Å². The number of carboxylic acid groups (broad SMARTS) is 1. The van der Waals surface area contributed by atoms with Gasteiger partial charge >= 0.3 is 12.1 Å². The highest BCUT2D eigenvalue weighted by atomic mass is 35.5. The van der Waals surface area contributed by atoms with Crippen LogP contribution in [0.2, 0.25) is 5.02 Å². The molecule has 0 aliphatic heterocycles. The predicted molar refractivity (Wildman–Crippen MR) is 68.0 cm³/mol. The zero-order chi connectivity index (χ0) is 14.6. The number of carboxylic acids is 1. The molecule has 0 aromatic carbocycles. The Morgan fingerprint density at radius 2 is 2.21 bits per heavy atom. The number of nitrogens with one attached hydrogen (secondary N) is 1. The van der Waals surface area contributed by atoms with Crippen LogP contribution in [0.1, 0.15) is 20.8 Å². The maximum atomic E-state index is 11.5. The molecule has 1 rings (SSSR count). The van der Waals surface area contributed by atoms with Gasteiger partial charge in [-0.1, -0.05) is 11.6 Å². The van der Waals surface area contributed by atoms with Crippen LogP contribution in [-0.4, -0.2) is 38.6 Å². The van der Waals surface area contributed by atoms with Crippen molar-refractivity contribution in [1.29, 1.82) is 0 Å². The van der Waals surface area contributed by atoms with E-state index < -0.39 is 23.7 Å². The van der Waals surface area contributed by atoms with E-state index in [1.807, 2.05) is 0 Å². The minimum absolute atomic E-state index is 0.0404. The van der Waals surface area contributed by atoms with Crippen LogP contribution in [0.5, 0.6) is 0 Å². The summed E-state index contributed by atoms with van der Waals surface area (Å²) in [5, 5.41) is 15.5. The lowest BCUT2D eigenvalue weighted by molar-refractivity contribution is -0.139. The minimum atomic E-state index is -1.18. The molecule has 0 saturated carbocycles. The number of halogens is 1. The summed E-state index contributed by atoms with van der Waals surface area (Å²) in [6.45, 7) is 5.03. The number of aromatic nitrogens is 2. The largest absolute Gasteiger partial charge is 0.480 e. The number of amides is 1. The van der Waals surface area contributed by atoms with Crippen LogP contribution in [-0.2, 0) is 16.1 Å². The maximum absolute atomic E-state index is 11.5. The topological polar surface area (TPSA) is 93.5 Å². The van der Waals surface area contributed by atoms with Gasteiger partial charge in [0.15, 0.2) is 0 Å². The standard InChI is InChI=1S/C11H16ClN3O4/c1-11(2,3)19-10(18)14-8(9(16)17)6-15-5-7(12)4-13-15/h4-5,8H,6H2,1-3H3,(H,14,18)(H,16,17). The van der Waals surface area contributed by atoms with Gasteiger partial charge in [0, 0.05) is 6.20 Å². The quantitative estimate of drug-likeness (QED) is 0.876. The van der Waals surface area contributed by atoms with E-state index in [1.54, 1.807) is 20.8 Å². The molecule has 0 fully saturated rings. The highest BCUT2D eigenvalue weighted by Crippen LogP contribution is 2.08. The van der Waals surface area contributed by atoms with Gasteiger partial charge in [-0.05, 0) is 20.8 Å². The SMILES string of the molecule is CC(C)(C)OC(=O)NC(Cn1cc(Cl)cn1)C(=O)O. The number of carbonyl (C=O) groups is 2. The molecule has 1 amide bonds. The van der Waals surface area contributed by atoms with E-state index in [4.69, 9.17) is 21.4 Å². The van der Waals surface area contributed by atoms with E-state index in [0.29, 0.717) is 5.02 Å². The summed E-state index contributed by atoms with van der Waals surface area (Å²) in [6, 6.07) is -1.15. The van der Waals surface area contributed by atoms with Crippen LogP contribution in [0.15, 0.2) is 12.4 Å². The average Bonchev–Trinajstić information content (AvgIpc) is 2.60. The monoisotopic (exact) mass is 289 g/mol. The predicted octanol–water partition coefficient (Wildman–Crippen LogP) is 1.51. The van der Waals surface area contributed by atoms with Gasteiger partial charge in [0.1, 0.15) is 11.6 Å². The molecule has 0 radical (unpaired) electrons. The van der Waals surface area contributed by atoms with E-state index in [2.05, 4.69) is 10.4 Å². The van der Waals surface area contributed by atoms with Crippen LogP contribution < -0.4 is 5.32 Å². The Morgan fingerprint density at radius 3 is 2.63 bits per heavy atom. The Morgan fingerprint density at radius 1 is 1.58 bits per heavy atom. The third-order valence-electron chi connectivity index (χ3n) is 1.96. The van der Waals surface area contributed by atoms with Crippen molar-refractivity contribution in [2.24, 2.45) is 0 Å². The van der Waals surface area contributed by atoms with Gasteiger partial charge in [-0.15, -0.1) is 0 Å². The Balaban J connectivity index is 2.63. The van der Waals surface area contributed by atoms with Crippen LogP contribution in [0.4, 0.5) is 4.79 Å². The molecule has 0 aliphatic rings. The molecule has 0 saturated heterocycles. The van der Waals surface area contributed by atoms with E-state index in [-0.39, 0.29) is 6.54 Å². The number of hydrogen-bond donors (Lipinski definition) is 2. The molecule has 1 heterocycles. The van der Waals surface area contributed by atoms with Gasteiger partial charge in [-0.3, -0.25) is 4.68 Å². The van der Waals surface area contributed by atoms with Gasteiger partial charge < -0.3 is 15.2 Å². The first-order valence-electron chi connectivity index (χ1n) is 5.57. The average molecular weight is 290 g/mol. The van der Waals surface area contributed by atoms with Crippen molar-refractivity contribution in [2.75, 3.05) is 0 Å². The molecule has 1 aromatic rings. The zero-order valence-electron chi connectivity index (χ0n) is 10.9. The summed E-state index contributed by atoms with van der Waals surface area (Å²) in [5.41, 5.74) is -0.692. The first-order chi connectivity index (χ1) is 8.67. The lowest BCUT2D eigenvalue weighted by Crippen LogP contribution is -2.45. The van der Waals surface area contributed by atoms with Crippen LogP contribution in [0.3, 0.4) is 0 Å². The summed E-state index contributed by atoms with van der Waals surface area (Å²) in [4.78, 5) is 22.6. The number of rotatable bonds is 4. The first-order valence-corrected chi connectivity index (χ1v) is 5.95. The molecule has 0 aliphatic carbocycles. The van der Waals surface area contributed by atoms with E-state index in [0.717, 1.165) is 0 Å². The molecule has 19 heavy (non-hydrogen) atoms. The van der Waals surface area contributed by atoms with Crippen molar-refractivity contribution in [3.63, 3.8) is 0 Å². The smallest absolute Gasteiger partial charge is 0.408 e. The molecule has 1 aromatic heterocycles. The molecular formula is C11H16ClN3O4. The second-order valence-electron chi connectivity index (χ2n) is 4.92. The summed E-state index contributed by atoms with van der Waals surface area (Å²) in [6.07, 6.45) is 2.06. The summed E-state index contributed by atoms with van der Waals surface area (Å²) in [5.74, 6) is -1.18. The number of hydrogen-bond acceptors (Lipinski definition) is 4.